The summed E-state index contributed by atoms with van der Waals surface area (Å²) >= 11 is 0. The maximum Gasteiger partial charge on any atom is 0.407 e. The number of aromatic nitrogens is 1. The van der Waals surface area contributed by atoms with E-state index < -0.39 is 11.7 Å². The van der Waals surface area contributed by atoms with E-state index in [1.54, 1.807) is 39.0 Å². The number of anilines is 1. The first-order chi connectivity index (χ1) is 13.2. The molecule has 0 aliphatic carbocycles. The Balaban J connectivity index is 1.54. The Labute approximate surface area is 163 Å². The summed E-state index contributed by atoms with van der Waals surface area (Å²) in [6.07, 6.45) is -0.184. The van der Waals surface area contributed by atoms with Gasteiger partial charge in [-0.3, -0.25) is 0 Å². The van der Waals surface area contributed by atoms with Gasteiger partial charge in [-0.1, -0.05) is 6.92 Å². The second-order valence-electron chi connectivity index (χ2n) is 8.05. The zero-order valence-electron chi connectivity index (χ0n) is 16.6. The lowest BCUT2D eigenvalue weighted by atomic mass is 10.0. The van der Waals surface area contributed by atoms with Crippen LogP contribution in [0.4, 0.5) is 15.2 Å². The number of nitrogens with one attached hydrogen (secondary N) is 1. The Morgan fingerprint density at radius 1 is 1.43 bits per heavy atom. The predicted molar refractivity (Wildman–Crippen MR) is 104 cm³/mol. The van der Waals surface area contributed by atoms with E-state index in [1.165, 1.54) is 0 Å². The number of hydrogen-bond donors (Lipinski definition) is 1. The van der Waals surface area contributed by atoms with Crippen LogP contribution in [0.25, 0.3) is 11.1 Å². The molecule has 0 bridgehead atoms. The van der Waals surface area contributed by atoms with Crippen LogP contribution in [0, 0.1) is 5.92 Å². The first-order valence-corrected chi connectivity index (χ1v) is 9.27. The van der Waals surface area contributed by atoms with Crippen molar-refractivity contribution < 1.29 is 23.1 Å². The van der Waals surface area contributed by atoms with E-state index in [4.69, 9.17) is 13.9 Å². The third-order valence-electron chi connectivity index (χ3n) is 4.12. The number of amides is 1. The van der Waals surface area contributed by atoms with Gasteiger partial charge in [0.1, 0.15) is 23.5 Å². The summed E-state index contributed by atoms with van der Waals surface area (Å²) < 4.78 is 29.6. The molecule has 0 radical (unpaired) electrons. The van der Waals surface area contributed by atoms with Crippen molar-refractivity contribution in [1.82, 2.24) is 10.3 Å². The second kappa shape index (κ2) is 8.08. The molecule has 1 aromatic heterocycles. The van der Waals surface area contributed by atoms with Crippen LogP contribution in [0.1, 0.15) is 27.7 Å². The van der Waals surface area contributed by atoms with Gasteiger partial charge in [-0.15, -0.1) is 0 Å². The molecule has 2 heterocycles. The molecule has 0 atom stereocenters. The van der Waals surface area contributed by atoms with Crippen LogP contribution < -0.4 is 15.0 Å². The molecule has 1 aliphatic rings. The largest absolute Gasteiger partial charge is 0.489 e. The second-order valence-corrected chi connectivity index (χ2v) is 8.05. The van der Waals surface area contributed by atoms with Crippen molar-refractivity contribution in [2.75, 3.05) is 31.1 Å². The summed E-state index contributed by atoms with van der Waals surface area (Å²) in [5.74, 6) is 1.18. The van der Waals surface area contributed by atoms with Crippen molar-refractivity contribution in [2.45, 2.75) is 33.3 Å². The number of fused-ring (bicyclic) bond motifs is 1. The third-order valence-corrected chi connectivity index (χ3v) is 4.12. The number of rotatable bonds is 6. The summed E-state index contributed by atoms with van der Waals surface area (Å²) in [5.41, 5.74) is 1.03. The van der Waals surface area contributed by atoms with Gasteiger partial charge >= 0.3 is 6.09 Å². The van der Waals surface area contributed by atoms with Crippen molar-refractivity contribution in [3.8, 4) is 5.75 Å². The van der Waals surface area contributed by atoms with Gasteiger partial charge in [0.2, 0.25) is 0 Å². The Hall–Kier alpha value is -2.77. The highest BCUT2D eigenvalue weighted by Crippen LogP contribution is 2.29. The van der Waals surface area contributed by atoms with E-state index >= 15 is 0 Å². The van der Waals surface area contributed by atoms with Crippen molar-refractivity contribution >= 4 is 23.2 Å². The van der Waals surface area contributed by atoms with Gasteiger partial charge < -0.3 is 24.1 Å². The molecule has 1 saturated heterocycles. The standard InChI is InChI=1S/C20H26FN3O4/c1-13-10-24(11-13)18-23-16-6-5-15(7-17(16)27-18)26-12-14(8-21)9-22-19(25)28-20(2,3)4/h5-8,13H,9-12H2,1-4H3,(H,22,25). The van der Waals surface area contributed by atoms with Crippen molar-refractivity contribution in [1.29, 1.82) is 0 Å². The number of oxazole rings is 1. The number of ether oxygens (including phenoxy) is 2. The maximum absolute atomic E-state index is 13.1. The van der Waals surface area contributed by atoms with Gasteiger partial charge in [-0.25, -0.2) is 9.18 Å². The predicted octanol–water partition coefficient (Wildman–Crippen LogP) is 4.04. The molecule has 8 heteroatoms. The average molecular weight is 391 g/mol. The van der Waals surface area contributed by atoms with Gasteiger partial charge in [-0.05, 0) is 38.8 Å². The Bertz CT molecular complexity index is 866. The summed E-state index contributed by atoms with van der Waals surface area (Å²) in [6.45, 7) is 9.31. The topological polar surface area (TPSA) is 76.8 Å². The molecule has 1 fully saturated rings. The lowest BCUT2D eigenvalue weighted by Crippen LogP contribution is -2.45. The Morgan fingerprint density at radius 3 is 2.82 bits per heavy atom. The van der Waals surface area contributed by atoms with Gasteiger partial charge in [-0.2, -0.15) is 4.98 Å². The normalized spacial score (nSPS) is 15.5. The highest BCUT2D eigenvalue weighted by atomic mass is 19.1. The molecular formula is C20H26FN3O4. The van der Waals surface area contributed by atoms with Crippen molar-refractivity contribution in [3.05, 3.63) is 30.1 Å². The maximum atomic E-state index is 13.1. The number of hydrogen-bond acceptors (Lipinski definition) is 6. The van der Waals surface area contributed by atoms with Crippen LogP contribution in [0.2, 0.25) is 0 Å². The number of nitrogens with zero attached hydrogens (tertiary/aromatic N) is 2. The smallest absolute Gasteiger partial charge is 0.407 e. The molecule has 3 rings (SSSR count). The van der Waals surface area contributed by atoms with Gasteiger partial charge in [0.05, 0.1) is 6.33 Å². The van der Waals surface area contributed by atoms with E-state index in [0.29, 0.717) is 29.6 Å². The molecule has 2 aromatic rings. The van der Waals surface area contributed by atoms with Gasteiger partial charge in [0.25, 0.3) is 6.01 Å². The molecule has 0 saturated carbocycles. The minimum Gasteiger partial charge on any atom is -0.489 e. The quantitative estimate of drug-likeness (QED) is 0.801. The summed E-state index contributed by atoms with van der Waals surface area (Å²) in [7, 11) is 0. The lowest BCUT2D eigenvalue weighted by Gasteiger charge is -2.35. The number of carbonyl (C=O) groups excluding carboxylic acids is 1. The van der Waals surface area contributed by atoms with E-state index in [1.807, 2.05) is 0 Å². The first-order valence-electron chi connectivity index (χ1n) is 9.27. The zero-order valence-corrected chi connectivity index (χ0v) is 16.6. The Kier molecular flexibility index (Phi) is 5.76. The van der Waals surface area contributed by atoms with Crippen LogP contribution in [0.3, 0.4) is 0 Å². The number of benzene rings is 1. The van der Waals surface area contributed by atoms with E-state index in [9.17, 15) is 9.18 Å². The molecule has 0 spiro atoms. The lowest BCUT2D eigenvalue weighted by molar-refractivity contribution is 0.0531. The van der Waals surface area contributed by atoms with Gasteiger partial charge in [0.15, 0.2) is 5.58 Å². The Morgan fingerprint density at radius 2 is 2.18 bits per heavy atom. The van der Waals surface area contributed by atoms with E-state index in [0.717, 1.165) is 18.6 Å². The van der Waals surface area contributed by atoms with E-state index in [2.05, 4.69) is 22.1 Å². The zero-order chi connectivity index (χ0) is 20.3. The van der Waals surface area contributed by atoms with Crippen LogP contribution in [-0.2, 0) is 4.74 Å². The number of alkyl carbamates (subject to hydrolysis) is 1. The minimum atomic E-state index is -0.611. The fraction of sp³-hybridized carbons (Fsp3) is 0.500. The van der Waals surface area contributed by atoms with Crippen LogP contribution in [-0.4, -0.2) is 42.9 Å². The van der Waals surface area contributed by atoms with Crippen molar-refractivity contribution in [2.24, 2.45) is 5.92 Å². The minimum absolute atomic E-state index is 0.00669. The monoisotopic (exact) mass is 391 g/mol. The first kappa shape index (κ1) is 20.0. The molecule has 28 heavy (non-hydrogen) atoms. The fourth-order valence-electron chi connectivity index (χ4n) is 2.77. The van der Waals surface area contributed by atoms with E-state index in [-0.39, 0.29) is 18.7 Å². The van der Waals surface area contributed by atoms with Crippen LogP contribution >= 0.6 is 0 Å². The molecule has 1 aromatic carbocycles. The fourth-order valence-corrected chi connectivity index (χ4v) is 2.77. The van der Waals surface area contributed by atoms with Crippen molar-refractivity contribution in [3.63, 3.8) is 0 Å². The third kappa shape index (κ3) is 5.15. The summed E-state index contributed by atoms with van der Waals surface area (Å²) in [5, 5.41) is 2.50. The SMILES string of the molecule is CC1CN(c2nc3ccc(OCC(=CF)CNC(=O)OC(C)(C)C)cc3o2)C1. The molecule has 1 N–H and O–H groups in total. The summed E-state index contributed by atoms with van der Waals surface area (Å²) in [4.78, 5) is 18.2. The molecule has 7 nitrogen and oxygen atoms in total. The van der Waals surface area contributed by atoms with Crippen LogP contribution in [0.15, 0.2) is 34.5 Å². The highest BCUT2D eigenvalue weighted by molar-refractivity contribution is 5.76. The molecule has 1 amide bonds. The summed E-state index contributed by atoms with van der Waals surface area (Å²) in [6, 6.07) is 5.89. The van der Waals surface area contributed by atoms with Crippen LogP contribution in [0.5, 0.6) is 5.75 Å². The average Bonchev–Trinajstić information content (AvgIpc) is 3.00. The molecule has 0 unspecified atom stereocenters. The molecule has 1 aliphatic heterocycles. The highest BCUT2D eigenvalue weighted by Gasteiger charge is 2.26. The molecular weight excluding hydrogens is 365 g/mol. The molecule has 152 valence electrons. The number of halogens is 1. The van der Waals surface area contributed by atoms with Gasteiger partial charge in [0, 0.05) is 31.3 Å². The number of carbonyl (C=O) groups is 1.